The number of para-hydroxylation sites is 2. The number of amides is 2. The second-order valence-corrected chi connectivity index (χ2v) is 5.21. The van der Waals surface area contributed by atoms with Gasteiger partial charge in [-0.05, 0) is 26.0 Å². The summed E-state index contributed by atoms with van der Waals surface area (Å²) in [4.78, 5) is 25.0. The Hall–Kier alpha value is -2.30. The Balaban J connectivity index is 2.61. The molecule has 0 aliphatic rings. The molecule has 5 nitrogen and oxygen atoms in total. The molecule has 2 amide bonds. The first-order valence-corrected chi connectivity index (χ1v) is 7.36. The van der Waals surface area contributed by atoms with Crippen LogP contribution < -0.4 is 10.1 Å². The maximum absolute atomic E-state index is 12.1. The number of ether oxygens (including phenoxy) is 1. The molecular formula is C17H24N2O3. The van der Waals surface area contributed by atoms with Gasteiger partial charge >= 0.3 is 0 Å². The Morgan fingerprint density at radius 1 is 1.36 bits per heavy atom. The SMILES string of the molecule is C=CCN(CCC(=O)Nc1ccccc1OC(C)C)C(C)=O. The second-order valence-electron chi connectivity index (χ2n) is 5.21. The summed E-state index contributed by atoms with van der Waals surface area (Å²) in [6, 6.07) is 7.30. The average Bonchev–Trinajstić information content (AvgIpc) is 2.44. The third-order valence-electron chi connectivity index (χ3n) is 2.93. The molecule has 5 heteroatoms. The van der Waals surface area contributed by atoms with E-state index < -0.39 is 0 Å². The van der Waals surface area contributed by atoms with Gasteiger partial charge in [-0.15, -0.1) is 6.58 Å². The van der Waals surface area contributed by atoms with Crippen LogP contribution in [0.3, 0.4) is 0 Å². The van der Waals surface area contributed by atoms with Gasteiger partial charge in [0.1, 0.15) is 5.75 Å². The number of anilines is 1. The van der Waals surface area contributed by atoms with Crippen LogP contribution >= 0.6 is 0 Å². The molecule has 120 valence electrons. The minimum atomic E-state index is -0.157. The molecule has 0 spiro atoms. The highest BCUT2D eigenvalue weighted by molar-refractivity contribution is 5.92. The third-order valence-corrected chi connectivity index (χ3v) is 2.93. The molecule has 0 aliphatic heterocycles. The van der Waals surface area contributed by atoms with Gasteiger partial charge in [0.05, 0.1) is 11.8 Å². The molecule has 0 aliphatic carbocycles. The molecule has 0 fully saturated rings. The van der Waals surface area contributed by atoms with E-state index in [0.29, 0.717) is 24.5 Å². The smallest absolute Gasteiger partial charge is 0.226 e. The highest BCUT2D eigenvalue weighted by Gasteiger charge is 2.12. The zero-order valence-electron chi connectivity index (χ0n) is 13.5. The molecule has 1 aromatic carbocycles. The summed E-state index contributed by atoms with van der Waals surface area (Å²) in [5.74, 6) is 0.409. The summed E-state index contributed by atoms with van der Waals surface area (Å²) in [7, 11) is 0. The molecule has 1 N–H and O–H groups in total. The molecule has 22 heavy (non-hydrogen) atoms. The molecule has 0 saturated heterocycles. The molecule has 0 aromatic heterocycles. The van der Waals surface area contributed by atoms with Gasteiger partial charge in [0, 0.05) is 26.4 Å². The van der Waals surface area contributed by atoms with Gasteiger partial charge in [-0.25, -0.2) is 0 Å². The molecule has 1 aromatic rings. The molecule has 0 bridgehead atoms. The molecule has 0 atom stereocenters. The van der Waals surface area contributed by atoms with Gasteiger partial charge in [-0.3, -0.25) is 9.59 Å². The van der Waals surface area contributed by atoms with Gasteiger partial charge in [-0.1, -0.05) is 18.2 Å². The van der Waals surface area contributed by atoms with Crippen molar-refractivity contribution in [3.8, 4) is 5.75 Å². The number of nitrogens with one attached hydrogen (secondary N) is 1. The van der Waals surface area contributed by atoms with Gasteiger partial charge < -0.3 is 15.0 Å². The summed E-state index contributed by atoms with van der Waals surface area (Å²) in [6.07, 6.45) is 1.90. The zero-order chi connectivity index (χ0) is 16.5. The number of rotatable bonds is 8. The molecular weight excluding hydrogens is 280 g/mol. The van der Waals surface area contributed by atoms with Crippen LogP contribution in [-0.4, -0.2) is 35.9 Å². The third kappa shape index (κ3) is 5.99. The summed E-state index contributed by atoms with van der Waals surface area (Å²) in [6.45, 7) is 9.75. The minimum absolute atomic E-state index is 0.0267. The van der Waals surface area contributed by atoms with Crippen molar-refractivity contribution in [2.75, 3.05) is 18.4 Å². The topological polar surface area (TPSA) is 58.6 Å². The Labute approximate surface area is 132 Å². The quantitative estimate of drug-likeness (QED) is 0.751. The number of benzene rings is 1. The number of carbonyl (C=O) groups is 2. The second kappa shape index (κ2) is 8.87. The van der Waals surface area contributed by atoms with Gasteiger partial charge in [0.15, 0.2) is 0 Å². The first-order chi connectivity index (χ1) is 10.4. The summed E-state index contributed by atoms with van der Waals surface area (Å²) < 4.78 is 5.66. The van der Waals surface area contributed by atoms with Gasteiger partial charge in [-0.2, -0.15) is 0 Å². The van der Waals surface area contributed by atoms with E-state index in [0.717, 1.165) is 0 Å². The standard InChI is InChI=1S/C17H24N2O3/c1-5-11-19(14(4)20)12-10-17(21)18-15-8-6-7-9-16(15)22-13(2)3/h5-9,13H,1,10-12H2,2-4H3,(H,18,21). The van der Waals surface area contributed by atoms with Crippen molar-refractivity contribution in [2.45, 2.75) is 33.3 Å². The van der Waals surface area contributed by atoms with Crippen LogP contribution in [0.15, 0.2) is 36.9 Å². The average molecular weight is 304 g/mol. The van der Waals surface area contributed by atoms with Crippen molar-refractivity contribution in [1.82, 2.24) is 4.90 Å². The van der Waals surface area contributed by atoms with E-state index in [1.807, 2.05) is 32.0 Å². The number of carbonyl (C=O) groups excluding carboxylic acids is 2. The van der Waals surface area contributed by atoms with E-state index in [-0.39, 0.29) is 24.3 Å². The largest absolute Gasteiger partial charge is 0.489 e. The van der Waals surface area contributed by atoms with Crippen LogP contribution in [0.25, 0.3) is 0 Å². The van der Waals surface area contributed by atoms with E-state index in [4.69, 9.17) is 4.74 Å². The summed E-state index contributed by atoms with van der Waals surface area (Å²) in [5.41, 5.74) is 0.638. The van der Waals surface area contributed by atoms with E-state index in [1.165, 1.54) is 6.92 Å². The van der Waals surface area contributed by atoms with Crippen LogP contribution in [0.1, 0.15) is 27.2 Å². The Kier molecular flexibility index (Phi) is 7.16. The molecule has 1 rings (SSSR count). The predicted molar refractivity (Wildman–Crippen MR) is 87.9 cm³/mol. The number of hydrogen-bond donors (Lipinski definition) is 1. The Morgan fingerprint density at radius 2 is 2.05 bits per heavy atom. The fraction of sp³-hybridized carbons (Fsp3) is 0.412. The van der Waals surface area contributed by atoms with Crippen molar-refractivity contribution in [3.05, 3.63) is 36.9 Å². The lowest BCUT2D eigenvalue weighted by Crippen LogP contribution is -2.32. The maximum atomic E-state index is 12.1. The summed E-state index contributed by atoms with van der Waals surface area (Å²) >= 11 is 0. The highest BCUT2D eigenvalue weighted by atomic mass is 16.5. The van der Waals surface area contributed by atoms with E-state index >= 15 is 0 Å². The Morgan fingerprint density at radius 3 is 2.64 bits per heavy atom. The van der Waals surface area contributed by atoms with Crippen molar-refractivity contribution in [3.63, 3.8) is 0 Å². The van der Waals surface area contributed by atoms with Gasteiger partial charge in [0.2, 0.25) is 11.8 Å². The lowest BCUT2D eigenvalue weighted by Gasteiger charge is -2.19. The van der Waals surface area contributed by atoms with Crippen molar-refractivity contribution >= 4 is 17.5 Å². The lowest BCUT2D eigenvalue weighted by atomic mass is 10.2. The normalized spacial score (nSPS) is 10.2. The monoisotopic (exact) mass is 304 g/mol. The number of nitrogens with zero attached hydrogens (tertiary/aromatic N) is 1. The van der Waals surface area contributed by atoms with Crippen molar-refractivity contribution in [1.29, 1.82) is 0 Å². The van der Waals surface area contributed by atoms with Crippen molar-refractivity contribution in [2.24, 2.45) is 0 Å². The molecule has 0 radical (unpaired) electrons. The van der Waals surface area contributed by atoms with E-state index in [1.54, 1.807) is 17.0 Å². The molecule has 0 heterocycles. The summed E-state index contributed by atoms with van der Waals surface area (Å²) in [5, 5.41) is 2.82. The predicted octanol–water partition coefficient (Wildman–Crippen LogP) is 2.84. The Bertz CT molecular complexity index is 526. The van der Waals surface area contributed by atoms with Gasteiger partial charge in [0.25, 0.3) is 0 Å². The highest BCUT2D eigenvalue weighted by Crippen LogP contribution is 2.24. The zero-order valence-corrected chi connectivity index (χ0v) is 13.5. The lowest BCUT2D eigenvalue weighted by molar-refractivity contribution is -0.128. The number of hydrogen-bond acceptors (Lipinski definition) is 3. The minimum Gasteiger partial charge on any atom is -0.489 e. The van der Waals surface area contributed by atoms with E-state index in [9.17, 15) is 9.59 Å². The van der Waals surface area contributed by atoms with Crippen molar-refractivity contribution < 1.29 is 14.3 Å². The fourth-order valence-electron chi connectivity index (χ4n) is 1.91. The molecule has 0 saturated carbocycles. The first-order valence-electron chi connectivity index (χ1n) is 7.36. The molecule has 0 unspecified atom stereocenters. The van der Waals surface area contributed by atoms with Crippen LogP contribution in [0.2, 0.25) is 0 Å². The van der Waals surface area contributed by atoms with Crippen LogP contribution in [-0.2, 0) is 9.59 Å². The first kappa shape index (κ1) is 17.8. The van der Waals surface area contributed by atoms with Crippen LogP contribution in [0.4, 0.5) is 5.69 Å². The van der Waals surface area contributed by atoms with Crippen LogP contribution in [0.5, 0.6) is 5.75 Å². The van der Waals surface area contributed by atoms with E-state index in [2.05, 4.69) is 11.9 Å². The maximum Gasteiger partial charge on any atom is 0.226 e. The van der Waals surface area contributed by atoms with Crippen LogP contribution in [0, 0.1) is 0 Å². The fourth-order valence-corrected chi connectivity index (χ4v) is 1.91.